The van der Waals surface area contributed by atoms with Gasteiger partial charge in [-0.3, -0.25) is 14.3 Å². The molecule has 3 rings (SSSR count). The van der Waals surface area contributed by atoms with E-state index in [9.17, 15) is 9.59 Å². The maximum absolute atomic E-state index is 12.4. The van der Waals surface area contributed by atoms with E-state index in [1.807, 2.05) is 42.8 Å². The summed E-state index contributed by atoms with van der Waals surface area (Å²) in [5, 5.41) is 7.30. The molecule has 0 unspecified atom stereocenters. The van der Waals surface area contributed by atoms with E-state index < -0.39 is 0 Å². The molecule has 1 N–H and O–H groups in total. The fraction of sp³-hybridized carbons (Fsp3) is 0.421. The highest BCUT2D eigenvalue weighted by molar-refractivity contribution is 6.00. The average molecular weight is 356 g/mol. The highest BCUT2D eigenvalue weighted by Gasteiger charge is 2.35. The number of methoxy groups -OCH3 is 1. The van der Waals surface area contributed by atoms with Crippen molar-refractivity contribution in [3.63, 3.8) is 0 Å². The van der Waals surface area contributed by atoms with Gasteiger partial charge in [0.25, 0.3) is 0 Å². The second kappa shape index (κ2) is 7.59. The Kier molecular flexibility index (Phi) is 5.25. The van der Waals surface area contributed by atoms with E-state index in [2.05, 4.69) is 10.4 Å². The molecule has 1 aromatic carbocycles. The van der Waals surface area contributed by atoms with Crippen LogP contribution >= 0.6 is 0 Å². The smallest absolute Gasteiger partial charge is 0.227 e. The lowest BCUT2D eigenvalue weighted by Gasteiger charge is -2.17. The van der Waals surface area contributed by atoms with Gasteiger partial charge < -0.3 is 15.0 Å². The van der Waals surface area contributed by atoms with E-state index in [-0.39, 0.29) is 24.2 Å². The number of benzene rings is 1. The molecule has 1 aliphatic heterocycles. The van der Waals surface area contributed by atoms with E-state index in [4.69, 9.17) is 4.74 Å². The summed E-state index contributed by atoms with van der Waals surface area (Å²) >= 11 is 0. The van der Waals surface area contributed by atoms with Gasteiger partial charge in [0.15, 0.2) is 0 Å². The van der Waals surface area contributed by atoms with Crippen LogP contribution in [0.2, 0.25) is 0 Å². The summed E-state index contributed by atoms with van der Waals surface area (Å²) in [5.41, 5.74) is 2.79. The zero-order valence-electron chi connectivity index (χ0n) is 15.4. The maximum atomic E-state index is 12.4. The van der Waals surface area contributed by atoms with E-state index in [1.54, 1.807) is 18.1 Å². The van der Waals surface area contributed by atoms with Crippen molar-refractivity contribution in [1.29, 1.82) is 0 Å². The van der Waals surface area contributed by atoms with Crippen LogP contribution in [-0.2, 0) is 16.1 Å². The highest BCUT2D eigenvalue weighted by Crippen LogP contribution is 2.27. The topological polar surface area (TPSA) is 76.5 Å². The van der Waals surface area contributed by atoms with Gasteiger partial charge in [-0.25, -0.2) is 0 Å². The van der Waals surface area contributed by atoms with Crippen LogP contribution in [0.25, 0.3) is 0 Å². The molecule has 1 fully saturated rings. The molecular weight excluding hydrogens is 332 g/mol. The van der Waals surface area contributed by atoms with Gasteiger partial charge >= 0.3 is 0 Å². The van der Waals surface area contributed by atoms with Gasteiger partial charge in [0, 0.05) is 37.0 Å². The summed E-state index contributed by atoms with van der Waals surface area (Å²) in [7, 11) is 1.59. The van der Waals surface area contributed by atoms with Crippen molar-refractivity contribution in [1.82, 2.24) is 15.1 Å². The Morgan fingerprint density at radius 3 is 2.85 bits per heavy atom. The molecule has 1 saturated heterocycles. The lowest BCUT2D eigenvalue weighted by molar-refractivity contribution is -0.126. The number of carbonyl (C=O) groups is 2. The van der Waals surface area contributed by atoms with E-state index >= 15 is 0 Å². The molecule has 1 aromatic heterocycles. The van der Waals surface area contributed by atoms with Crippen LogP contribution in [0, 0.1) is 19.8 Å². The van der Waals surface area contributed by atoms with Gasteiger partial charge in [-0.1, -0.05) is 6.07 Å². The monoisotopic (exact) mass is 356 g/mol. The van der Waals surface area contributed by atoms with Crippen molar-refractivity contribution in [2.45, 2.75) is 26.8 Å². The number of aromatic nitrogens is 2. The normalized spacial score (nSPS) is 16.8. The van der Waals surface area contributed by atoms with Crippen LogP contribution in [0.5, 0.6) is 5.75 Å². The Morgan fingerprint density at radius 1 is 1.35 bits per heavy atom. The molecule has 26 heavy (non-hydrogen) atoms. The van der Waals surface area contributed by atoms with Crippen LogP contribution in [0.3, 0.4) is 0 Å². The molecule has 7 nitrogen and oxygen atoms in total. The molecule has 2 amide bonds. The van der Waals surface area contributed by atoms with E-state index in [1.165, 1.54) is 0 Å². The van der Waals surface area contributed by atoms with Crippen molar-refractivity contribution in [3.8, 4) is 5.75 Å². The molecule has 7 heteroatoms. The molecule has 0 radical (unpaired) electrons. The Labute approximate surface area is 152 Å². The Balaban J connectivity index is 1.55. The summed E-state index contributed by atoms with van der Waals surface area (Å²) < 4.78 is 7.08. The third-order valence-electron chi connectivity index (χ3n) is 4.59. The van der Waals surface area contributed by atoms with Crippen LogP contribution in [0.15, 0.2) is 30.3 Å². The summed E-state index contributed by atoms with van der Waals surface area (Å²) in [6, 6.07) is 9.32. The average Bonchev–Trinajstić information content (AvgIpc) is 3.17. The number of ether oxygens (including phenoxy) is 1. The number of carbonyl (C=O) groups excluding carboxylic acids is 2. The first-order valence-corrected chi connectivity index (χ1v) is 8.71. The SMILES string of the molecule is COc1cccc(N2C[C@H](C(=O)NCCn3nc(C)cc3C)CC2=O)c1. The third kappa shape index (κ3) is 3.87. The van der Waals surface area contributed by atoms with Gasteiger partial charge in [-0.15, -0.1) is 0 Å². The standard InChI is InChI=1S/C19H24N4O3/c1-13-9-14(2)23(21-13)8-7-20-19(25)15-10-18(24)22(12-15)16-5-4-6-17(11-16)26-3/h4-6,9,11,15H,7-8,10,12H2,1-3H3,(H,20,25)/t15-/m1/s1. The summed E-state index contributed by atoms with van der Waals surface area (Å²) in [6.07, 6.45) is 0.225. The molecule has 0 bridgehead atoms. The Morgan fingerprint density at radius 2 is 2.15 bits per heavy atom. The third-order valence-corrected chi connectivity index (χ3v) is 4.59. The summed E-state index contributed by atoms with van der Waals surface area (Å²) in [6.45, 7) is 5.43. The minimum atomic E-state index is -0.339. The van der Waals surface area contributed by atoms with Gasteiger partial charge in [0.1, 0.15) is 5.75 Å². The van der Waals surface area contributed by atoms with Crippen molar-refractivity contribution in [2.75, 3.05) is 25.1 Å². The Bertz CT molecular complexity index is 815. The zero-order chi connectivity index (χ0) is 18.7. The van der Waals surface area contributed by atoms with Crippen LogP contribution < -0.4 is 15.0 Å². The summed E-state index contributed by atoms with van der Waals surface area (Å²) in [4.78, 5) is 26.4. The van der Waals surface area contributed by atoms with Gasteiger partial charge in [-0.05, 0) is 32.0 Å². The Hall–Kier alpha value is -2.83. The van der Waals surface area contributed by atoms with Crippen molar-refractivity contribution in [3.05, 3.63) is 41.7 Å². The minimum Gasteiger partial charge on any atom is -0.497 e. The molecule has 0 saturated carbocycles. The van der Waals surface area contributed by atoms with E-state index in [0.29, 0.717) is 25.4 Å². The van der Waals surface area contributed by atoms with E-state index in [0.717, 1.165) is 17.1 Å². The van der Waals surface area contributed by atoms with Gasteiger partial charge in [0.2, 0.25) is 11.8 Å². The minimum absolute atomic E-state index is 0.0445. The first kappa shape index (κ1) is 18.0. The second-order valence-electron chi connectivity index (χ2n) is 6.55. The van der Waals surface area contributed by atoms with Crippen LogP contribution in [0.1, 0.15) is 17.8 Å². The number of hydrogen-bond acceptors (Lipinski definition) is 4. The number of amides is 2. The second-order valence-corrected chi connectivity index (χ2v) is 6.55. The number of nitrogens with one attached hydrogen (secondary N) is 1. The van der Waals surface area contributed by atoms with Crippen molar-refractivity contribution >= 4 is 17.5 Å². The predicted octanol–water partition coefficient (Wildman–Crippen LogP) is 1.68. The van der Waals surface area contributed by atoms with Crippen molar-refractivity contribution in [2.24, 2.45) is 5.92 Å². The molecule has 2 aromatic rings. The molecule has 2 heterocycles. The molecule has 1 aliphatic rings. The maximum Gasteiger partial charge on any atom is 0.227 e. The number of aryl methyl sites for hydroxylation is 2. The lowest BCUT2D eigenvalue weighted by atomic mass is 10.1. The first-order chi connectivity index (χ1) is 12.5. The number of rotatable bonds is 6. The first-order valence-electron chi connectivity index (χ1n) is 8.71. The molecule has 0 spiro atoms. The van der Waals surface area contributed by atoms with Gasteiger partial charge in [0.05, 0.1) is 25.3 Å². The molecular formula is C19H24N4O3. The van der Waals surface area contributed by atoms with Gasteiger partial charge in [-0.2, -0.15) is 5.10 Å². The molecule has 0 aliphatic carbocycles. The molecule has 1 atom stereocenters. The van der Waals surface area contributed by atoms with Crippen LogP contribution in [0.4, 0.5) is 5.69 Å². The fourth-order valence-electron chi connectivity index (χ4n) is 3.24. The zero-order valence-corrected chi connectivity index (χ0v) is 15.4. The number of nitrogens with zero attached hydrogens (tertiary/aromatic N) is 3. The fourth-order valence-corrected chi connectivity index (χ4v) is 3.24. The number of hydrogen-bond donors (Lipinski definition) is 1. The van der Waals surface area contributed by atoms with Crippen molar-refractivity contribution < 1.29 is 14.3 Å². The molecule has 138 valence electrons. The predicted molar refractivity (Wildman–Crippen MR) is 98.2 cm³/mol. The largest absolute Gasteiger partial charge is 0.497 e. The highest BCUT2D eigenvalue weighted by atomic mass is 16.5. The van der Waals surface area contributed by atoms with Crippen LogP contribution in [-0.4, -0.2) is 41.8 Å². The summed E-state index contributed by atoms with van der Waals surface area (Å²) in [5.74, 6) is 0.212. The lowest BCUT2D eigenvalue weighted by Crippen LogP contribution is -2.35. The quantitative estimate of drug-likeness (QED) is 0.854. The number of anilines is 1.